The van der Waals surface area contributed by atoms with Crippen molar-refractivity contribution >= 4 is 0 Å². The van der Waals surface area contributed by atoms with Gasteiger partial charge < -0.3 is 5.11 Å². The first-order valence-electron chi connectivity index (χ1n) is 5.82. The minimum atomic E-state index is 0.303. The molecule has 1 nitrogen and oxygen atoms in total. The molecule has 0 saturated heterocycles. The first-order valence-corrected chi connectivity index (χ1v) is 5.82. The Bertz CT molecular complexity index is 147. The highest BCUT2D eigenvalue weighted by Crippen LogP contribution is 2.00. The number of hydrogen-bond acceptors (Lipinski definition) is 1. The molecule has 0 aliphatic carbocycles. The lowest BCUT2D eigenvalue weighted by atomic mass is 10.2. The summed E-state index contributed by atoms with van der Waals surface area (Å²) in [6.45, 7) is 2.53. The van der Waals surface area contributed by atoms with Crippen LogP contribution in [0.4, 0.5) is 0 Å². The molecule has 1 N–H and O–H groups in total. The smallest absolute Gasteiger partial charge is 0.0433 e. The van der Waals surface area contributed by atoms with E-state index in [-0.39, 0.29) is 0 Å². The van der Waals surface area contributed by atoms with Gasteiger partial charge in [-0.2, -0.15) is 0 Å². The van der Waals surface area contributed by atoms with E-state index in [4.69, 9.17) is 5.11 Å². The van der Waals surface area contributed by atoms with Crippen molar-refractivity contribution < 1.29 is 5.11 Å². The number of unbranched alkanes of at least 4 members (excludes halogenated alkanes) is 4. The molecule has 0 bridgehead atoms. The van der Waals surface area contributed by atoms with Crippen LogP contribution in [0.15, 0.2) is 24.3 Å². The Morgan fingerprint density at radius 2 is 1.50 bits per heavy atom. The van der Waals surface area contributed by atoms with Crippen molar-refractivity contribution in [2.45, 2.75) is 51.9 Å². The molecule has 14 heavy (non-hydrogen) atoms. The highest BCUT2D eigenvalue weighted by atomic mass is 16.2. The predicted molar refractivity (Wildman–Crippen MR) is 63.4 cm³/mol. The lowest BCUT2D eigenvalue weighted by molar-refractivity contribution is 0.289. The zero-order valence-corrected chi connectivity index (χ0v) is 9.41. The summed E-state index contributed by atoms with van der Waals surface area (Å²) >= 11 is 0. The van der Waals surface area contributed by atoms with Crippen LogP contribution in [-0.2, 0) is 0 Å². The molecule has 0 aromatic heterocycles. The molecular formula is C13H24O. The van der Waals surface area contributed by atoms with Gasteiger partial charge in [0.05, 0.1) is 0 Å². The van der Waals surface area contributed by atoms with E-state index in [0.29, 0.717) is 6.61 Å². The summed E-state index contributed by atoms with van der Waals surface area (Å²) in [5, 5.41) is 8.54. The predicted octanol–water partition coefficient (Wildman–Crippen LogP) is 3.84. The van der Waals surface area contributed by atoms with Crippen molar-refractivity contribution in [2.75, 3.05) is 6.61 Å². The Labute approximate surface area is 88.5 Å². The zero-order chi connectivity index (χ0) is 10.5. The van der Waals surface area contributed by atoms with E-state index in [0.717, 1.165) is 19.3 Å². The fourth-order valence-electron chi connectivity index (χ4n) is 1.23. The second kappa shape index (κ2) is 12.4. The fourth-order valence-corrected chi connectivity index (χ4v) is 1.23. The van der Waals surface area contributed by atoms with E-state index in [1.165, 1.54) is 25.7 Å². The maximum atomic E-state index is 8.54. The third kappa shape index (κ3) is 11.4. The van der Waals surface area contributed by atoms with E-state index < -0.39 is 0 Å². The summed E-state index contributed by atoms with van der Waals surface area (Å²) in [6.07, 6.45) is 16.9. The second-order valence-corrected chi connectivity index (χ2v) is 3.54. The van der Waals surface area contributed by atoms with Crippen LogP contribution in [-0.4, -0.2) is 11.7 Å². The van der Waals surface area contributed by atoms with Gasteiger partial charge in [0.2, 0.25) is 0 Å². The van der Waals surface area contributed by atoms with Gasteiger partial charge in [-0.05, 0) is 32.1 Å². The maximum absolute atomic E-state index is 8.54. The van der Waals surface area contributed by atoms with Crippen LogP contribution in [0, 0.1) is 0 Å². The molecule has 1 heteroatoms. The van der Waals surface area contributed by atoms with Gasteiger partial charge >= 0.3 is 0 Å². The molecule has 0 aromatic carbocycles. The van der Waals surface area contributed by atoms with Crippen molar-refractivity contribution in [3.8, 4) is 0 Å². The van der Waals surface area contributed by atoms with Gasteiger partial charge in [0.15, 0.2) is 0 Å². The molecule has 0 heterocycles. The van der Waals surface area contributed by atoms with Crippen LogP contribution in [0.25, 0.3) is 0 Å². The molecule has 0 rings (SSSR count). The van der Waals surface area contributed by atoms with Crippen LogP contribution in [0.3, 0.4) is 0 Å². The van der Waals surface area contributed by atoms with Crippen molar-refractivity contribution in [3.63, 3.8) is 0 Å². The van der Waals surface area contributed by atoms with Crippen LogP contribution >= 0.6 is 0 Å². The van der Waals surface area contributed by atoms with Gasteiger partial charge in [-0.3, -0.25) is 0 Å². The quantitative estimate of drug-likeness (QED) is 0.439. The van der Waals surface area contributed by atoms with Gasteiger partial charge in [-0.25, -0.2) is 0 Å². The van der Waals surface area contributed by atoms with E-state index in [1.807, 2.05) is 0 Å². The number of aliphatic hydroxyl groups excluding tert-OH is 1. The Morgan fingerprint density at radius 3 is 2.07 bits per heavy atom. The van der Waals surface area contributed by atoms with Gasteiger partial charge in [-0.1, -0.05) is 44.1 Å². The summed E-state index contributed by atoms with van der Waals surface area (Å²) < 4.78 is 0. The largest absolute Gasteiger partial charge is 0.396 e. The SMILES string of the molecule is CCCCC/C=C\C/C=C/CCCO. The standard InChI is InChI=1S/C13H24O/c1-2-3-4-5-6-7-8-9-10-11-12-13-14/h6-7,9-10,14H,2-5,8,11-13H2,1H3/b7-6-,10-9+. The average Bonchev–Trinajstić information content (AvgIpc) is 2.21. The van der Waals surface area contributed by atoms with Crippen LogP contribution in [0.1, 0.15) is 51.9 Å². The summed E-state index contributed by atoms with van der Waals surface area (Å²) in [7, 11) is 0. The van der Waals surface area contributed by atoms with Crippen molar-refractivity contribution in [1.82, 2.24) is 0 Å². The Kier molecular flexibility index (Phi) is 11.9. The first-order chi connectivity index (χ1) is 6.91. The number of hydrogen-bond donors (Lipinski definition) is 1. The van der Waals surface area contributed by atoms with E-state index >= 15 is 0 Å². The topological polar surface area (TPSA) is 20.2 Å². The fraction of sp³-hybridized carbons (Fsp3) is 0.692. The maximum Gasteiger partial charge on any atom is 0.0433 e. The molecule has 0 unspecified atom stereocenters. The molecule has 0 spiro atoms. The van der Waals surface area contributed by atoms with Gasteiger partial charge in [0, 0.05) is 6.61 Å². The van der Waals surface area contributed by atoms with E-state index in [2.05, 4.69) is 31.2 Å². The minimum Gasteiger partial charge on any atom is -0.396 e. The van der Waals surface area contributed by atoms with Crippen molar-refractivity contribution in [3.05, 3.63) is 24.3 Å². The third-order valence-electron chi connectivity index (χ3n) is 2.11. The highest BCUT2D eigenvalue weighted by molar-refractivity contribution is 4.92. The highest BCUT2D eigenvalue weighted by Gasteiger charge is 1.81. The second-order valence-electron chi connectivity index (χ2n) is 3.54. The molecule has 82 valence electrons. The monoisotopic (exact) mass is 196 g/mol. The molecular weight excluding hydrogens is 172 g/mol. The minimum absolute atomic E-state index is 0.303. The van der Waals surface area contributed by atoms with Gasteiger partial charge in [-0.15, -0.1) is 0 Å². The molecule has 0 saturated carbocycles. The Hall–Kier alpha value is -0.560. The van der Waals surface area contributed by atoms with Gasteiger partial charge in [0.25, 0.3) is 0 Å². The zero-order valence-electron chi connectivity index (χ0n) is 9.41. The number of aliphatic hydroxyl groups is 1. The molecule has 0 aromatic rings. The Balaban J connectivity index is 3.13. The molecule has 0 radical (unpaired) electrons. The molecule has 0 aliphatic heterocycles. The first kappa shape index (κ1) is 13.4. The lowest BCUT2D eigenvalue weighted by Crippen LogP contribution is -1.77. The number of allylic oxidation sites excluding steroid dienone is 4. The molecule has 0 fully saturated rings. The number of rotatable bonds is 9. The molecule has 0 amide bonds. The van der Waals surface area contributed by atoms with Crippen molar-refractivity contribution in [1.29, 1.82) is 0 Å². The van der Waals surface area contributed by atoms with E-state index in [9.17, 15) is 0 Å². The normalized spacial score (nSPS) is 11.9. The third-order valence-corrected chi connectivity index (χ3v) is 2.11. The van der Waals surface area contributed by atoms with Crippen LogP contribution in [0.2, 0.25) is 0 Å². The van der Waals surface area contributed by atoms with Gasteiger partial charge in [0.1, 0.15) is 0 Å². The molecule has 0 atom stereocenters. The average molecular weight is 196 g/mol. The summed E-state index contributed by atoms with van der Waals surface area (Å²) in [5.41, 5.74) is 0. The lowest BCUT2D eigenvalue weighted by Gasteiger charge is -1.91. The summed E-state index contributed by atoms with van der Waals surface area (Å²) in [6, 6.07) is 0. The van der Waals surface area contributed by atoms with Crippen LogP contribution in [0.5, 0.6) is 0 Å². The van der Waals surface area contributed by atoms with Crippen LogP contribution < -0.4 is 0 Å². The summed E-state index contributed by atoms with van der Waals surface area (Å²) in [5.74, 6) is 0. The molecule has 0 aliphatic rings. The van der Waals surface area contributed by atoms with E-state index in [1.54, 1.807) is 0 Å². The van der Waals surface area contributed by atoms with Crippen molar-refractivity contribution in [2.24, 2.45) is 0 Å². The summed E-state index contributed by atoms with van der Waals surface area (Å²) in [4.78, 5) is 0. The Morgan fingerprint density at radius 1 is 0.857 bits per heavy atom.